The largest absolute Gasteiger partial charge is 0.493 e. The van der Waals surface area contributed by atoms with E-state index in [9.17, 15) is 14.9 Å². The van der Waals surface area contributed by atoms with E-state index in [1.54, 1.807) is 6.92 Å². The number of nitro groups is 1. The number of ether oxygens (including phenoxy) is 1. The predicted molar refractivity (Wildman–Crippen MR) is 72.8 cm³/mol. The summed E-state index contributed by atoms with van der Waals surface area (Å²) in [6.07, 6.45) is 0.768. The molecule has 3 N–H and O–H groups in total. The molecule has 0 saturated heterocycles. The van der Waals surface area contributed by atoms with E-state index in [4.69, 9.17) is 15.6 Å². The van der Waals surface area contributed by atoms with Gasteiger partial charge in [-0.25, -0.2) is 0 Å². The molecule has 0 aliphatic heterocycles. The minimum absolute atomic E-state index is 0.00950. The summed E-state index contributed by atoms with van der Waals surface area (Å²) in [5, 5.41) is 19.4. The summed E-state index contributed by atoms with van der Waals surface area (Å²) in [4.78, 5) is 20.9. The maximum Gasteiger partial charge on any atom is 0.323 e. The van der Waals surface area contributed by atoms with Gasteiger partial charge in [0, 0.05) is 12.1 Å². The Labute approximate surface area is 116 Å². The number of carboxylic acid groups (broad SMARTS) is 1. The Balaban J connectivity index is 2.51. The first kappa shape index (κ1) is 15.9. The zero-order valence-corrected chi connectivity index (χ0v) is 11.5. The molecule has 7 heteroatoms. The molecule has 0 radical (unpaired) electrons. The van der Waals surface area contributed by atoms with Crippen LogP contribution >= 0.6 is 0 Å². The average Bonchev–Trinajstić information content (AvgIpc) is 2.35. The number of hydrogen-bond donors (Lipinski definition) is 2. The Morgan fingerprint density at radius 1 is 1.55 bits per heavy atom. The van der Waals surface area contributed by atoms with Crippen molar-refractivity contribution in [2.45, 2.75) is 32.2 Å². The van der Waals surface area contributed by atoms with Crippen molar-refractivity contribution in [2.24, 2.45) is 5.73 Å². The van der Waals surface area contributed by atoms with E-state index < -0.39 is 16.4 Å². The van der Waals surface area contributed by atoms with Crippen molar-refractivity contribution in [3.05, 3.63) is 33.9 Å². The van der Waals surface area contributed by atoms with Crippen molar-refractivity contribution in [2.75, 3.05) is 6.61 Å². The van der Waals surface area contributed by atoms with Gasteiger partial charge in [0.15, 0.2) is 0 Å². The van der Waals surface area contributed by atoms with Gasteiger partial charge in [0.2, 0.25) is 0 Å². The van der Waals surface area contributed by atoms with Crippen LogP contribution in [-0.2, 0) is 4.79 Å². The highest BCUT2D eigenvalue weighted by atomic mass is 16.6. The minimum Gasteiger partial charge on any atom is -0.493 e. The van der Waals surface area contributed by atoms with Gasteiger partial charge in [0.05, 0.1) is 11.5 Å². The first-order valence-corrected chi connectivity index (χ1v) is 6.14. The fraction of sp³-hybridized carbons (Fsp3) is 0.462. The topological polar surface area (TPSA) is 116 Å². The lowest BCUT2D eigenvalue weighted by atomic mass is 9.98. The van der Waals surface area contributed by atoms with Crippen LogP contribution in [0, 0.1) is 17.0 Å². The SMILES string of the molecule is Cc1cc([N+](=O)[O-])ccc1OCCCC(C)(N)C(=O)O. The second-order valence-corrected chi connectivity index (χ2v) is 4.88. The molecule has 0 bridgehead atoms. The number of carbonyl (C=O) groups is 1. The number of non-ortho nitro benzene ring substituents is 1. The van der Waals surface area contributed by atoms with Crippen molar-refractivity contribution in [1.82, 2.24) is 0 Å². The van der Waals surface area contributed by atoms with Gasteiger partial charge in [-0.2, -0.15) is 0 Å². The molecule has 1 atom stereocenters. The summed E-state index contributed by atoms with van der Waals surface area (Å²) in [6.45, 7) is 3.47. The van der Waals surface area contributed by atoms with E-state index in [0.717, 1.165) is 0 Å². The molecular formula is C13H18N2O5. The maximum atomic E-state index is 10.8. The van der Waals surface area contributed by atoms with Gasteiger partial charge in [-0.15, -0.1) is 0 Å². The van der Waals surface area contributed by atoms with E-state index in [-0.39, 0.29) is 12.1 Å². The molecule has 1 unspecified atom stereocenters. The maximum absolute atomic E-state index is 10.8. The summed E-state index contributed by atoms with van der Waals surface area (Å²) in [6, 6.07) is 4.33. The summed E-state index contributed by atoms with van der Waals surface area (Å²) in [5.41, 5.74) is 4.99. The summed E-state index contributed by atoms with van der Waals surface area (Å²) < 4.78 is 5.48. The third kappa shape index (κ3) is 4.20. The molecule has 110 valence electrons. The lowest BCUT2D eigenvalue weighted by molar-refractivity contribution is -0.384. The Kier molecular flexibility index (Phi) is 5.04. The first-order valence-electron chi connectivity index (χ1n) is 6.14. The lowest BCUT2D eigenvalue weighted by Gasteiger charge is -2.18. The molecule has 7 nitrogen and oxygen atoms in total. The fourth-order valence-corrected chi connectivity index (χ4v) is 1.64. The van der Waals surface area contributed by atoms with Crippen LogP contribution in [0.4, 0.5) is 5.69 Å². The monoisotopic (exact) mass is 282 g/mol. The zero-order valence-electron chi connectivity index (χ0n) is 11.5. The number of rotatable bonds is 7. The van der Waals surface area contributed by atoms with Crippen LogP contribution in [0.1, 0.15) is 25.3 Å². The van der Waals surface area contributed by atoms with Crippen molar-refractivity contribution in [3.8, 4) is 5.75 Å². The van der Waals surface area contributed by atoms with Crippen molar-refractivity contribution >= 4 is 11.7 Å². The highest BCUT2D eigenvalue weighted by Crippen LogP contribution is 2.23. The number of aliphatic carboxylic acids is 1. The van der Waals surface area contributed by atoms with Gasteiger partial charge in [0.1, 0.15) is 11.3 Å². The van der Waals surface area contributed by atoms with Crippen LogP contribution < -0.4 is 10.5 Å². The smallest absolute Gasteiger partial charge is 0.323 e. The Morgan fingerprint density at radius 3 is 2.70 bits per heavy atom. The molecule has 0 aromatic heterocycles. The second kappa shape index (κ2) is 6.33. The number of nitrogens with zero attached hydrogens (tertiary/aromatic N) is 1. The molecule has 1 aromatic carbocycles. The number of benzene rings is 1. The van der Waals surface area contributed by atoms with Gasteiger partial charge in [-0.05, 0) is 38.3 Å². The summed E-state index contributed by atoms with van der Waals surface area (Å²) >= 11 is 0. The molecule has 1 aromatic rings. The molecule has 0 spiro atoms. The van der Waals surface area contributed by atoms with E-state index in [1.807, 2.05) is 0 Å². The molecule has 20 heavy (non-hydrogen) atoms. The Hall–Kier alpha value is -2.15. The normalized spacial score (nSPS) is 13.6. The number of hydrogen-bond acceptors (Lipinski definition) is 5. The standard InChI is InChI=1S/C13H18N2O5/c1-9-8-10(15(18)19)4-5-11(9)20-7-3-6-13(2,14)12(16)17/h4-5,8H,3,6-7,14H2,1-2H3,(H,16,17). The van der Waals surface area contributed by atoms with Gasteiger partial charge >= 0.3 is 5.97 Å². The van der Waals surface area contributed by atoms with Gasteiger partial charge < -0.3 is 15.6 Å². The molecule has 0 amide bonds. The van der Waals surface area contributed by atoms with Crippen molar-refractivity contribution in [1.29, 1.82) is 0 Å². The van der Waals surface area contributed by atoms with E-state index in [2.05, 4.69) is 0 Å². The third-order valence-electron chi connectivity index (χ3n) is 2.96. The Bertz CT molecular complexity index is 513. The number of nitro benzene ring substituents is 1. The zero-order chi connectivity index (χ0) is 15.3. The molecule has 0 fully saturated rings. The summed E-state index contributed by atoms with van der Waals surface area (Å²) in [7, 11) is 0. The Morgan fingerprint density at radius 2 is 2.20 bits per heavy atom. The molecule has 0 aliphatic rings. The minimum atomic E-state index is -1.27. The highest BCUT2D eigenvalue weighted by molar-refractivity contribution is 5.77. The highest BCUT2D eigenvalue weighted by Gasteiger charge is 2.26. The average molecular weight is 282 g/mol. The van der Waals surface area contributed by atoms with Gasteiger partial charge in [0.25, 0.3) is 5.69 Å². The van der Waals surface area contributed by atoms with Gasteiger partial charge in [-0.3, -0.25) is 14.9 Å². The van der Waals surface area contributed by atoms with Gasteiger partial charge in [-0.1, -0.05) is 0 Å². The van der Waals surface area contributed by atoms with Crippen LogP contribution in [0.15, 0.2) is 18.2 Å². The number of carboxylic acids is 1. The first-order chi connectivity index (χ1) is 9.24. The molecule has 0 aliphatic carbocycles. The van der Waals surface area contributed by atoms with Crippen molar-refractivity contribution in [3.63, 3.8) is 0 Å². The van der Waals surface area contributed by atoms with Crippen LogP contribution in [0.25, 0.3) is 0 Å². The third-order valence-corrected chi connectivity index (χ3v) is 2.96. The molecular weight excluding hydrogens is 264 g/mol. The molecule has 1 rings (SSSR count). The number of aryl methyl sites for hydroxylation is 1. The van der Waals surface area contributed by atoms with E-state index in [0.29, 0.717) is 24.3 Å². The van der Waals surface area contributed by atoms with Crippen molar-refractivity contribution < 1.29 is 19.6 Å². The van der Waals surface area contributed by atoms with Crippen LogP contribution in [0.5, 0.6) is 5.75 Å². The number of nitrogens with two attached hydrogens (primary N) is 1. The predicted octanol–water partition coefficient (Wildman–Crippen LogP) is 1.86. The van der Waals surface area contributed by atoms with Crippen LogP contribution in [0.3, 0.4) is 0 Å². The summed E-state index contributed by atoms with van der Waals surface area (Å²) in [5.74, 6) is -0.506. The molecule has 0 heterocycles. The lowest BCUT2D eigenvalue weighted by Crippen LogP contribution is -2.44. The second-order valence-electron chi connectivity index (χ2n) is 4.88. The van der Waals surface area contributed by atoms with Crippen LogP contribution in [0.2, 0.25) is 0 Å². The van der Waals surface area contributed by atoms with E-state index >= 15 is 0 Å². The quantitative estimate of drug-likeness (QED) is 0.448. The van der Waals surface area contributed by atoms with Crippen LogP contribution in [-0.4, -0.2) is 28.1 Å². The fourth-order valence-electron chi connectivity index (χ4n) is 1.64. The molecule has 0 saturated carbocycles. The van der Waals surface area contributed by atoms with E-state index in [1.165, 1.54) is 25.1 Å².